The number of alkyl halides is 3. The Balaban J connectivity index is 1.54. The van der Waals surface area contributed by atoms with E-state index in [1.54, 1.807) is 24.3 Å². The molecule has 2 aromatic rings. The van der Waals surface area contributed by atoms with Crippen molar-refractivity contribution in [2.75, 3.05) is 39.8 Å². The van der Waals surface area contributed by atoms with Crippen LogP contribution in [0.2, 0.25) is 0 Å². The lowest BCUT2D eigenvalue weighted by Crippen LogP contribution is -2.47. The van der Waals surface area contributed by atoms with Gasteiger partial charge in [0.1, 0.15) is 5.82 Å². The Bertz CT molecular complexity index is 953. The van der Waals surface area contributed by atoms with E-state index in [-0.39, 0.29) is 17.7 Å². The Morgan fingerprint density at radius 2 is 1.46 bits per heavy atom. The zero-order valence-corrected chi connectivity index (χ0v) is 20.6. The fourth-order valence-corrected chi connectivity index (χ4v) is 4.96. The topological polar surface area (TPSA) is 32.8 Å². The minimum Gasteiger partial charge on any atom is -0.468 e. The van der Waals surface area contributed by atoms with Gasteiger partial charge in [-0.2, -0.15) is 13.2 Å². The minimum atomic E-state index is -4.32. The molecule has 1 unspecified atom stereocenters. The summed E-state index contributed by atoms with van der Waals surface area (Å²) in [5, 5.41) is 0. The number of nitrogens with zero attached hydrogens (tertiary/aromatic N) is 2. The van der Waals surface area contributed by atoms with E-state index < -0.39 is 17.2 Å². The smallest absolute Gasteiger partial charge is 0.416 e. The third-order valence-corrected chi connectivity index (χ3v) is 7.09. The normalized spacial score (nSPS) is 17.4. The zero-order chi connectivity index (χ0) is 25.6. The summed E-state index contributed by atoms with van der Waals surface area (Å²) in [5.74, 6) is -0.674. The SMILES string of the molecule is COC(=O)C(CCCN1CCN(Cc2ccc(C(F)(F)F)cc2)CC1)(c1ccc(F)cc1)C(C)C. The molecule has 4 nitrogen and oxygen atoms in total. The van der Waals surface area contributed by atoms with Crippen LogP contribution in [-0.4, -0.2) is 55.6 Å². The number of esters is 1. The van der Waals surface area contributed by atoms with Gasteiger partial charge in [0.25, 0.3) is 0 Å². The molecule has 1 fully saturated rings. The molecule has 0 radical (unpaired) electrons. The first kappa shape index (κ1) is 27.1. The second-order valence-electron chi connectivity index (χ2n) is 9.54. The highest BCUT2D eigenvalue weighted by Crippen LogP contribution is 2.38. The van der Waals surface area contributed by atoms with E-state index >= 15 is 0 Å². The van der Waals surface area contributed by atoms with E-state index in [2.05, 4.69) is 9.80 Å². The Morgan fingerprint density at radius 1 is 0.914 bits per heavy atom. The quantitative estimate of drug-likeness (QED) is 0.340. The van der Waals surface area contributed by atoms with Crippen molar-refractivity contribution in [1.82, 2.24) is 9.80 Å². The summed E-state index contributed by atoms with van der Waals surface area (Å²) in [6.07, 6.45) is -2.94. The van der Waals surface area contributed by atoms with Crippen molar-refractivity contribution in [3.8, 4) is 0 Å². The highest BCUT2D eigenvalue weighted by molar-refractivity contribution is 5.83. The van der Waals surface area contributed by atoms with E-state index in [4.69, 9.17) is 4.74 Å². The Labute approximate surface area is 204 Å². The van der Waals surface area contributed by atoms with E-state index in [0.29, 0.717) is 13.0 Å². The molecule has 0 N–H and O–H groups in total. The number of benzene rings is 2. The molecule has 1 heterocycles. The number of hydrogen-bond donors (Lipinski definition) is 0. The van der Waals surface area contributed by atoms with Crippen LogP contribution in [0.1, 0.15) is 43.4 Å². The molecule has 8 heteroatoms. The van der Waals surface area contributed by atoms with Gasteiger partial charge in [0, 0.05) is 32.7 Å². The van der Waals surface area contributed by atoms with Crippen molar-refractivity contribution < 1.29 is 27.1 Å². The number of carbonyl (C=O) groups excluding carboxylic acids is 1. The molecule has 1 aliphatic heterocycles. The van der Waals surface area contributed by atoms with Crippen LogP contribution in [0.3, 0.4) is 0 Å². The highest BCUT2D eigenvalue weighted by Gasteiger charge is 2.44. The van der Waals surface area contributed by atoms with Crippen molar-refractivity contribution in [3.05, 3.63) is 71.0 Å². The summed E-state index contributed by atoms with van der Waals surface area (Å²) in [7, 11) is 1.39. The average Bonchev–Trinajstić information content (AvgIpc) is 2.83. The zero-order valence-electron chi connectivity index (χ0n) is 20.6. The summed E-state index contributed by atoms with van der Waals surface area (Å²) >= 11 is 0. The van der Waals surface area contributed by atoms with Crippen molar-refractivity contribution in [3.63, 3.8) is 0 Å². The number of piperazine rings is 1. The van der Waals surface area contributed by atoms with Crippen LogP contribution >= 0.6 is 0 Å². The van der Waals surface area contributed by atoms with Gasteiger partial charge in [0.05, 0.1) is 18.1 Å². The van der Waals surface area contributed by atoms with Crippen molar-refractivity contribution >= 4 is 5.97 Å². The third kappa shape index (κ3) is 6.61. The maximum atomic E-state index is 13.5. The first-order valence-electron chi connectivity index (χ1n) is 12.0. The van der Waals surface area contributed by atoms with E-state index in [1.165, 1.54) is 19.2 Å². The summed E-state index contributed by atoms with van der Waals surface area (Å²) in [6, 6.07) is 11.5. The Kier molecular flexibility index (Phi) is 8.94. The maximum Gasteiger partial charge on any atom is 0.416 e. The van der Waals surface area contributed by atoms with Gasteiger partial charge < -0.3 is 9.64 Å². The van der Waals surface area contributed by atoms with Crippen LogP contribution in [0, 0.1) is 11.7 Å². The molecular weight excluding hydrogens is 460 g/mol. The van der Waals surface area contributed by atoms with E-state index in [9.17, 15) is 22.4 Å². The lowest BCUT2D eigenvalue weighted by atomic mass is 9.68. The second kappa shape index (κ2) is 11.5. The van der Waals surface area contributed by atoms with Gasteiger partial charge in [-0.3, -0.25) is 9.69 Å². The molecule has 0 amide bonds. The third-order valence-electron chi connectivity index (χ3n) is 7.09. The summed E-state index contributed by atoms with van der Waals surface area (Å²) in [6.45, 7) is 8.77. The number of halogens is 4. The molecule has 0 spiro atoms. The molecule has 1 atom stereocenters. The highest BCUT2D eigenvalue weighted by atomic mass is 19.4. The van der Waals surface area contributed by atoms with E-state index in [0.717, 1.165) is 62.4 Å². The Morgan fingerprint density at radius 3 is 1.97 bits per heavy atom. The Hall–Kier alpha value is -2.45. The molecule has 0 saturated carbocycles. The summed E-state index contributed by atoms with van der Waals surface area (Å²) < 4.78 is 57.0. The van der Waals surface area contributed by atoms with Crippen LogP contribution in [-0.2, 0) is 27.7 Å². The van der Waals surface area contributed by atoms with Gasteiger partial charge in [-0.15, -0.1) is 0 Å². The van der Waals surface area contributed by atoms with Crippen molar-refractivity contribution in [2.45, 2.75) is 44.8 Å². The molecule has 192 valence electrons. The van der Waals surface area contributed by atoms with Gasteiger partial charge in [-0.05, 0) is 60.7 Å². The maximum absolute atomic E-state index is 13.5. The molecule has 3 rings (SSSR count). The fourth-order valence-electron chi connectivity index (χ4n) is 4.96. The van der Waals surface area contributed by atoms with Gasteiger partial charge in [-0.25, -0.2) is 4.39 Å². The molecule has 0 bridgehead atoms. The molecule has 0 aliphatic carbocycles. The first-order chi connectivity index (χ1) is 16.6. The second-order valence-corrected chi connectivity index (χ2v) is 9.54. The predicted octanol–water partition coefficient (Wildman–Crippen LogP) is 5.51. The van der Waals surface area contributed by atoms with Gasteiger partial charge >= 0.3 is 12.1 Å². The number of carbonyl (C=O) groups is 1. The largest absolute Gasteiger partial charge is 0.468 e. The molecule has 1 aliphatic rings. The molecule has 1 saturated heterocycles. The predicted molar refractivity (Wildman–Crippen MR) is 127 cm³/mol. The minimum absolute atomic E-state index is 0.0269. The monoisotopic (exact) mass is 494 g/mol. The van der Waals surface area contributed by atoms with Crippen LogP contribution in [0.5, 0.6) is 0 Å². The molecule has 35 heavy (non-hydrogen) atoms. The van der Waals surface area contributed by atoms with Crippen LogP contribution in [0.15, 0.2) is 48.5 Å². The first-order valence-corrected chi connectivity index (χ1v) is 12.0. The van der Waals surface area contributed by atoms with Crippen molar-refractivity contribution in [1.29, 1.82) is 0 Å². The number of methoxy groups -OCH3 is 1. The summed E-state index contributed by atoms with van der Waals surface area (Å²) in [4.78, 5) is 17.5. The van der Waals surface area contributed by atoms with Crippen LogP contribution in [0.4, 0.5) is 17.6 Å². The van der Waals surface area contributed by atoms with Gasteiger partial charge in [0.2, 0.25) is 0 Å². The van der Waals surface area contributed by atoms with Crippen molar-refractivity contribution in [2.24, 2.45) is 5.92 Å². The molecule has 2 aromatic carbocycles. The average molecular weight is 495 g/mol. The number of rotatable bonds is 9. The molecule has 0 aromatic heterocycles. The fraction of sp³-hybridized carbons (Fsp3) is 0.519. The number of ether oxygens (including phenoxy) is 1. The summed E-state index contributed by atoms with van der Waals surface area (Å²) in [5.41, 5.74) is 0.163. The van der Waals surface area contributed by atoms with E-state index in [1.807, 2.05) is 13.8 Å². The lowest BCUT2D eigenvalue weighted by molar-refractivity contribution is -0.150. The van der Waals surface area contributed by atoms with Gasteiger partial charge in [-0.1, -0.05) is 38.1 Å². The standard InChI is InChI=1S/C27H34F4N2O2/c1-20(2)26(25(34)35-3,22-9-11-24(28)12-10-22)13-4-14-32-15-17-33(18-16-32)19-21-5-7-23(8-6-21)27(29,30)31/h5-12,20H,4,13-19H2,1-3H3. The number of hydrogen-bond acceptors (Lipinski definition) is 4. The van der Waals surface area contributed by atoms with Crippen LogP contribution < -0.4 is 0 Å². The van der Waals surface area contributed by atoms with Gasteiger partial charge in [0.15, 0.2) is 0 Å². The van der Waals surface area contributed by atoms with Crippen LogP contribution in [0.25, 0.3) is 0 Å². The molecular formula is C27H34F4N2O2. The lowest BCUT2D eigenvalue weighted by Gasteiger charge is -2.38.